The third kappa shape index (κ3) is 8.80. The number of hydrogen-bond donors (Lipinski definition) is 5. The number of ether oxygens (including phenoxy) is 1. The van der Waals surface area contributed by atoms with Crippen molar-refractivity contribution in [1.82, 2.24) is 10.3 Å². The number of benzene rings is 2. The normalized spacial score (nSPS) is 12.5. The van der Waals surface area contributed by atoms with Gasteiger partial charge in [-0.25, -0.2) is 9.18 Å². The lowest BCUT2D eigenvalue weighted by Gasteiger charge is -2.26. The molecule has 12 heteroatoms. The summed E-state index contributed by atoms with van der Waals surface area (Å²) in [5.74, 6) is -3.48. The number of esters is 1. The number of hydrogen-bond acceptors (Lipinski definition) is 7. The van der Waals surface area contributed by atoms with Crippen LogP contribution in [0.4, 0.5) is 15.8 Å². The Kier molecular flexibility index (Phi) is 11.5. The van der Waals surface area contributed by atoms with Crippen molar-refractivity contribution in [2.75, 3.05) is 22.6 Å². The van der Waals surface area contributed by atoms with E-state index in [1.54, 1.807) is 57.4 Å². The van der Waals surface area contributed by atoms with Gasteiger partial charge in [0.1, 0.15) is 17.8 Å². The predicted octanol–water partition coefficient (Wildman–Crippen LogP) is 4.50. The number of halogens is 1. The van der Waals surface area contributed by atoms with Crippen LogP contribution in [0.15, 0.2) is 72.4 Å². The Hall–Kier alpha value is -4.42. The Morgan fingerprint density at radius 2 is 1.86 bits per heavy atom. The summed E-state index contributed by atoms with van der Waals surface area (Å²) in [6.07, 6.45) is 5.13. The summed E-state index contributed by atoms with van der Waals surface area (Å²) in [6.45, 7) is 11.0. The van der Waals surface area contributed by atoms with Gasteiger partial charge in [-0.3, -0.25) is 18.8 Å². The van der Waals surface area contributed by atoms with Crippen LogP contribution >= 0.6 is 0 Å². The van der Waals surface area contributed by atoms with Gasteiger partial charge in [0, 0.05) is 44.9 Å². The lowest BCUT2D eigenvalue weighted by Crippen LogP contribution is -2.43. The summed E-state index contributed by atoms with van der Waals surface area (Å²) in [5.41, 5.74) is 0.423. The van der Waals surface area contributed by atoms with Gasteiger partial charge in [0.15, 0.2) is 0 Å². The van der Waals surface area contributed by atoms with Gasteiger partial charge in [-0.15, -0.1) is 0 Å². The first-order valence-corrected chi connectivity index (χ1v) is 15.9. The number of carbonyl (C=O) groups excluding carboxylic acids is 3. The van der Waals surface area contributed by atoms with E-state index in [0.29, 0.717) is 17.7 Å². The number of aliphatic hydroxyl groups is 1. The summed E-state index contributed by atoms with van der Waals surface area (Å²) in [5, 5.41) is 15.4. The maximum atomic E-state index is 15.4. The summed E-state index contributed by atoms with van der Waals surface area (Å²) in [7, 11) is -3.73. The van der Waals surface area contributed by atoms with Crippen molar-refractivity contribution in [3.05, 3.63) is 90.0 Å². The molecule has 0 unspecified atom stereocenters. The second kappa shape index (κ2) is 14.8. The Bertz CT molecular complexity index is 1540. The van der Waals surface area contributed by atoms with Crippen molar-refractivity contribution >= 4 is 45.4 Å². The number of nitrogens with zero attached hydrogens (tertiary/aromatic N) is 1. The molecule has 10 nitrogen and oxygen atoms in total. The summed E-state index contributed by atoms with van der Waals surface area (Å²) in [4.78, 5) is 42.5. The van der Waals surface area contributed by atoms with Crippen LogP contribution in [0.5, 0.6) is 0 Å². The molecular formula is C32H39FN4O6S. The van der Waals surface area contributed by atoms with Gasteiger partial charge in [0.25, 0.3) is 5.91 Å². The topological polar surface area (TPSA) is 147 Å². The molecular weight excluding hydrogens is 587 g/mol. The molecule has 0 saturated carbocycles. The van der Waals surface area contributed by atoms with Gasteiger partial charge >= 0.3 is 5.97 Å². The highest BCUT2D eigenvalue weighted by atomic mass is 32.3. The maximum Gasteiger partial charge on any atom is 0.328 e. The molecule has 1 aromatic heterocycles. The molecule has 0 spiro atoms. The molecule has 2 amide bonds. The molecule has 1 atom stereocenters. The van der Waals surface area contributed by atoms with E-state index in [1.807, 2.05) is 6.92 Å². The number of rotatable bonds is 13. The molecule has 4 N–H and O–H groups in total. The fourth-order valence-electron chi connectivity index (χ4n) is 4.00. The van der Waals surface area contributed by atoms with Crippen molar-refractivity contribution < 1.29 is 32.8 Å². The Morgan fingerprint density at radius 1 is 1.16 bits per heavy atom. The van der Waals surface area contributed by atoms with Crippen LogP contribution in [0.2, 0.25) is 0 Å². The second-order valence-corrected chi connectivity index (χ2v) is 13.6. The van der Waals surface area contributed by atoms with Crippen molar-refractivity contribution in [3.8, 4) is 0 Å². The average Bonchev–Trinajstić information content (AvgIpc) is 2.99. The van der Waals surface area contributed by atoms with Gasteiger partial charge in [0.05, 0.1) is 17.9 Å². The molecule has 0 radical (unpaired) electrons. The van der Waals surface area contributed by atoms with E-state index in [2.05, 4.69) is 26.9 Å². The van der Waals surface area contributed by atoms with Gasteiger partial charge in [0.2, 0.25) is 5.91 Å². The quantitative estimate of drug-likeness (QED) is 0.139. The number of amides is 2. The van der Waals surface area contributed by atoms with Crippen LogP contribution in [-0.2, 0) is 30.9 Å². The molecule has 44 heavy (non-hydrogen) atoms. The van der Waals surface area contributed by atoms with Crippen LogP contribution < -0.4 is 15.4 Å². The number of nitrogens with one attached hydrogen (secondary N) is 3. The van der Waals surface area contributed by atoms with Crippen molar-refractivity contribution in [1.29, 1.82) is 0 Å². The number of anilines is 2. The predicted molar refractivity (Wildman–Crippen MR) is 170 cm³/mol. The molecule has 0 aliphatic carbocycles. The van der Waals surface area contributed by atoms with Gasteiger partial charge in [-0.05, 0) is 60.0 Å². The zero-order valence-corrected chi connectivity index (χ0v) is 26.1. The molecule has 1 heterocycles. The molecule has 0 saturated heterocycles. The number of aliphatic hydroxyl groups excluding tert-OH is 1. The summed E-state index contributed by atoms with van der Waals surface area (Å²) in [6, 6.07) is 10.6. The molecule has 3 rings (SSSR count). The highest BCUT2D eigenvalue weighted by Crippen LogP contribution is 2.29. The molecule has 236 valence electrons. The third-order valence-electron chi connectivity index (χ3n) is 6.53. The van der Waals surface area contributed by atoms with Crippen molar-refractivity contribution in [3.63, 3.8) is 0 Å². The number of aromatic nitrogens is 1. The smallest absolute Gasteiger partial charge is 0.328 e. The van der Waals surface area contributed by atoms with Gasteiger partial charge in [-0.2, -0.15) is 0 Å². The van der Waals surface area contributed by atoms with E-state index in [-0.39, 0.29) is 40.6 Å². The van der Waals surface area contributed by atoms with Crippen LogP contribution in [0.25, 0.3) is 6.08 Å². The second-order valence-electron chi connectivity index (χ2n) is 11.1. The lowest BCUT2D eigenvalue weighted by atomic mass is 9.95. The molecule has 2 aromatic carbocycles. The summed E-state index contributed by atoms with van der Waals surface area (Å²) >= 11 is 0. The highest BCUT2D eigenvalue weighted by molar-refractivity contribution is 8.04. The van der Waals surface area contributed by atoms with E-state index in [9.17, 15) is 23.7 Å². The minimum Gasteiger partial charge on any atom is -0.464 e. The first-order valence-electron chi connectivity index (χ1n) is 14.0. The van der Waals surface area contributed by atoms with Gasteiger partial charge < -0.3 is 25.2 Å². The van der Waals surface area contributed by atoms with E-state index in [1.165, 1.54) is 24.3 Å². The minimum absolute atomic E-state index is 0.0332. The SMILES string of the molecule is C=Cc1cc(C(=O)N[C@@H](Cc2cccnc2)C(=O)OCCC)c(F)cc1N[SH](=O)(CO)c1ccc(NC(=O)C(C)(C)C)cc1. The van der Waals surface area contributed by atoms with E-state index in [0.717, 1.165) is 6.07 Å². The molecule has 0 bridgehead atoms. The van der Waals surface area contributed by atoms with E-state index >= 15 is 4.39 Å². The monoisotopic (exact) mass is 626 g/mol. The maximum absolute atomic E-state index is 15.4. The van der Waals surface area contributed by atoms with Crippen molar-refractivity contribution in [2.24, 2.45) is 5.41 Å². The van der Waals surface area contributed by atoms with Crippen molar-refractivity contribution in [2.45, 2.75) is 51.5 Å². The van der Waals surface area contributed by atoms with Crippen LogP contribution in [0, 0.1) is 11.2 Å². The van der Waals surface area contributed by atoms with Crippen LogP contribution in [-0.4, -0.2) is 50.7 Å². The van der Waals surface area contributed by atoms with E-state index in [4.69, 9.17) is 4.74 Å². The number of thiol groups is 1. The summed E-state index contributed by atoms with van der Waals surface area (Å²) < 4.78 is 37.2. The first kappa shape index (κ1) is 34.1. The third-order valence-corrected chi connectivity index (χ3v) is 8.66. The highest BCUT2D eigenvalue weighted by Gasteiger charge is 2.27. The Labute approximate surface area is 257 Å². The number of carbonyl (C=O) groups is 3. The Balaban J connectivity index is 1.85. The Morgan fingerprint density at radius 3 is 2.43 bits per heavy atom. The number of pyridine rings is 1. The average molecular weight is 627 g/mol. The molecule has 0 fully saturated rings. The van der Waals surface area contributed by atoms with E-state index < -0.39 is 45.2 Å². The van der Waals surface area contributed by atoms with Crippen LogP contribution in [0.1, 0.15) is 55.6 Å². The first-order chi connectivity index (χ1) is 20.8. The lowest BCUT2D eigenvalue weighted by molar-refractivity contribution is -0.146. The largest absolute Gasteiger partial charge is 0.464 e. The zero-order valence-electron chi connectivity index (χ0n) is 25.2. The zero-order chi connectivity index (χ0) is 32.5. The molecule has 0 aliphatic heterocycles. The fraction of sp³-hybridized carbons (Fsp3) is 0.312. The standard InChI is InChI=1S/C32H39FN4O6S/c1-6-15-43-30(40)28(16-21-9-8-14-34-19-21)36-29(39)25-17-22(7-2)27(18-26(25)33)37-44(42,20-38)24-12-10-23(11-13-24)35-31(41)32(3,4)5/h7-14,17-19,28,38,44H,2,6,15-16,20H2,1,3-5H3,(H,35,41)(H,36,39)(H,37,42)/t28-/m0/s1. The molecule has 0 aliphatic rings. The molecule has 3 aromatic rings. The minimum atomic E-state index is -3.73. The fourth-order valence-corrected chi connectivity index (χ4v) is 5.57. The van der Waals surface area contributed by atoms with Crippen LogP contribution in [0.3, 0.4) is 0 Å². The van der Waals surface area contributed by atoms with Gasteiger partial charge in [-0.1, -0.05) is 46.4 Å².